The number of likely N-dealkylation sites (N-methyl/N-ethyl adjacent to an activating group) is 1. The SMILES string of the molecule is CN1CCN(c2cc(NCc3nc4c(F)c(F)ccc4[nH]3)c3ncc(-c4ccsc4)n3n2)CC1. The second kappa shape index (κ2) is 8.33. The molecule has 1 fully saturated rings. The molecule has 0 radical (unpaired) electrons. The van der Waals surface area contributed by atoms with Gasteiger partial charge in [-0.25, -0.2) is 23.3 Å². The number of rotatable bonds is 5. The lowest BCUT2D eigenvalue weighted by Crippen LogP contribution is -2.45. The molecule has 174 valence electrons. The van der Waals surface area contributed by atoms with Crippen molar-refractivity contribution < 1.29 is 8.78 Å². The average Bonchev–Trinajstić information content (AvgIpc) is 3.60. The lowest BCUT2D eigenvalue weighted by molar-refractivity contribution is 0.311. The summed E-state index contributed by atoms with van der Waals surface area (Å²) in [4.78, 5) is 16.5. The van der Waals surface area contributed by atoms with Gasteiger partial charge in [-0.3, -0.25) is 0 Å². The molecule has 0 spiro atoms. The molecule has 1 aliphatic rings. The first-order valence-corrected chi connectivity index (χ1v) is 11.9. The zero-order valence-electron chi connectivity index (χ0n) is 18.4. The Balaban J connectivity index is 1.37. The molecule has 0 amide bonds. The number of nitrogens with zero attached hydrogens (tertiary/aromatic N) is 6. The van der Waals surface area contributed by atoms with E-state index in [1.807, 2.05) is 28.2 Å². The average molecular weight is 481 g/mol. The number of anilines is 2. The number of thiophene rings is 1. The van der Waals surface area contributed by atoms with Crippen molar-refractivity contribution in [3.05, 3.63) is 58.7 Å². The summed E-state index contributed by atoms with van der Waals surface area (Å²) < 4.78 is 29.5. The van der Waals surface area contributed by atoms with Crippen LogP contribution in [0.2, 0.25) is 0 Å². The van der Waals surface area contributed by atoms with Crippen LogP contribution in [0, 0.1) is 11.6 Å². The maximum Gasteiger partial charge on any atom is 0.186 e. The standard InChI is InChI=1S/C23H22F2N8S/c1-31-5-7-32(8-6-31)20-10-17(23-27-11-18(33(23)30-20)14-4-9-34-13-14)26-12-19-28-16-3-2-15(24)21(25)22(16)29-19/h2-4,9-11,13,26H,5-8,12H2,1H3,(H,28,29). The quantitative estimate of drug-likeness (QED) is 0.396. The Morgan fingerprint density at radius 2 is 2.00 bits per heavy atom. The first-order chi connectivity index (χ1) is 16.6. The highest BCUT2D eigenvalue weighted by Gasteiger charge is 2.20. The van der Waals surface area contributed by atoms with E-state index in [1.54, 1.807) is 11.3 Å². The van der Waals surface area contributed by atoms with Crippen LogP contribution in [0.5, 0.6) is 0 Å². The molecule has 11 heteroatoms. The predicted molar refractivity (Wildman–Crippen MR) is 129 cm³/mol. The van der Waals surface area contributed by atoms with Crippen LogP contribution in [-0.2, 0) is 6.54 Å². The van der Waals surface area contributed by atoms with Crippen LogP contribution in [-0.4, -0.2) is 62.7 Å². The van der Waals surface area contributed by atoms with Crippen LogP contribution >= 0.6 is 11.3 Å². The lowest BCUT2D eigenvalue weighted by Gasteiger charge is -2.33. The number of imidazole rings is 2. The molecule has 5 aromatic rings. The Kier molecular flexibility index (Phi) is 5.15. The van der Waals surface area contributed by atoms with Gasteiger partial charge in [0.25, 0.3) is 0 Å². The summed E-state index contributed by atoms with van der Waals surface area (Å²) in [6.07, 6.45) is 1.82. The third-order valence-corrected chi connectivity index (χ3v) is 6.82. The van der Waals surface area contributed by atoms with Crippen LogP contribution in [0.15, 0.2) is 41.2 Å². The van der Waals surface area contributed by atoms with Crippen molar-refractivity contribution in [3.63, 3.8) is 0 Å². The van der Waals surface area contributed by atoms with E-state index < -0.39 is 11.6 Å². The van der Waals surface area contributed by atoms with E-state index in [0.717, 1.165) is 55.0 Å². The fraction of sp³-hybridized carbons (Fsp3) is 0.261. The minimum atomic E-state index is -0.947. The maximum absolute atomic E-state index is 14.1. The van der Waals surface area contributed by atoms with Crippen molar-refractivity contribution in [2.75, 3.05) is 43.4 Å². The van der Waals surface area contributed by atoms with Gasteiger partial charge >= 0.3 is 0 Å². The second-order valence-electron chi connectivity index (χ2n) is 8.39. The van der Waals surface area contributed by atoms with Gasteiger partial charge in [0.1, 0.15) is 11.3 Å². The van der Waals surface area contributed by atoms with Crippen LogP contribution in [0.25, 0.3) is 27.9 Å². The van der Waals surface area contributed by atoms with Crippen molar-refractivity contribution in [2.45, 2.75) is 6.54 Å². The van der Waals surface area contributed by atoms with Crippen molar-refractivity contribution in [1.82, 2.24) is 29.5 Å². The molecule has 1 saturated heterocycles. The summed E-state index contributed by atoms with van der Waals surface area (Å²) in [6.45, 7) is 3.98. The second-order valence-corrected chi connectivity index (χ2v) is 9.17. The molecule has 0 bridgehead atoms. The van der Waals surface area contributed by atoms with E-state index in [9.17, 15) is 8.78 Å². The van der Waals surface area contributed by atoms with Gasteiger partial charge in [-0.05, 0) is 30.6 Å². The summed E-state index contributed by atoms with van der Waals surface area (Å²) in [7, 11) is 2.12. The minimum absolute atomic E-state index is 0.00430. The van der Waals surface area contributed by atoms with E-state index in [2.05, 4.69) is 42.5 Å². The monoisotopic (exact) mass is 480 g/mol. The summed E-state index contributed by atoms with van der Waals surface area (Å²) >= 11 is 1.62. The minimum Gasteiger partial charge on any atom is -0.375 e. The van der Waals surface area contributed by atoms with E-state index in [-0.39, 0.29) is 12.1 Å². The molecule has 34 heavy (non-hydrogen) atoms. The predicted octanol–water partition coefficient (Wildman–Crippen LogP) is 3.98. The van der Waals surface area contributed by atoms with Gasteiger partial charge in [0.2, 0.25) is 0 Å². The molecule has 1 aliphatic heterocycles. The molecule has 0 unspecified atom stereocenters. The first kappa shape index (κ1) is 21.0. The zero-order chi connectivity index (χ0) is 23.2. The number of hydrogen-bond acceptors (Lipinski definition) is 7. The van der Waals surface area contributed by atoms with E-state index in [4.69, 9.17) is 5.10 Å². The molecule has 8 nitrogen and oxygen atoms in total. The molecule has 5 heterocycles. The number of halogens is 2. The van der Waals surface area contributed by atoms with Crippen molar-refractivity contribution in [2.24, 2.45) is 0 Å². The zero-order valence-corrected chi connectivity index (χ0v) is 19.2. The third kappa shape index (κ3) is 3.66. The van der Waals surface area contributed by atoms with Crippen LogP contribution < -0.4 is 10.2 Å². The number of fused-ring (bicyclic) bond motifs is 2. The van der Waals surface area contributed by atoms with Crippen molar-refractivity contribution in [3.8, 4) is 11.3 Å². The third-order valence-electron chi connectivity index (χ3n) is 6.14. The Labute approximate surface area is 197 Å². The van der Waals surface area contributed by atoms with Crippen LogP contribution in [0.3, 0.4) is 0 Å². The number of piperazine rings is 1. The maximum atomic E-state index is 14.1. The Morgan fingerprint density at radius 1 is 1.15 bits per heavy atom. The van der Waals surface area contributed by atoms with Gasteiger partial charge in [0.05, 0.1) is 29.6 Å². The van der Waals surface area contributed by atoms with Gasteiger partial charge in [-0.15, -0.1) is 5.10 Å². The first-order valence-electron chi connectivity index (χ1n) is 11.0. The highest BCUT2D eigenvalue weighted by molar-refractivity contribution is 7.08. The summed E-state index contributed by atoms with van der Waals surface area (Å²) in [5.74, 6) is -0.502. The molecule has 4 aromatic heterocycles. The van der Waals surface area contributed by atoms with Crippen LogP contribution in [0.4, 0.5) is 20.3 Å². The molecular formula is C23H22F2N8S. The van der Waals surface area contributed by atoms with Crippen LogP contribution in [0.1, 0.15) is 5.82 Å². The Hall–Kier alpha value is -3.57. The lowest BCUT2D eigenvalue weighted by atomic mass is 10.3. The normalized spacial score (nSPS) is 15.0. The fourth-order valence-electron chi connectivity index (χ4n) is 4.21. The molecule has 6 rings (SSSR count). The van der Waals surface area contributed by atoms with E-state index in [1.165, 1.54) is 6.07 Å². The fourth-order valence-corrected chi connectivity index (χ4v) is 4.86. The number of benzene rings is 1. The highest BCUT2D eigenvalue weighted by Crippen LogP contribution is 2.29. The summed E-state index contributed by atoms with van der Waals surface area (Å²) in [5.41, 5.74) is 3.90. The van der Waals surface area contributed by atoms with Crippen molar-refractivity contribution >= 4 is 39.5 Å². The van der Waals surface area contributed by atoms with Gasteiger partial charge in [0, 0.05) is 43.2 Å². The van der Waals surface area contributed by atoms with Crippen molar-refractivity contribution in [1.29, 1.82) is 0 Å². The molecular weight excluding hydrogens is 458 g/mol. The number of aromatic amines is 1. The molecule has 0 atom stereocenters. The largest absolute Gasteiger partial charge is 0.375 e. The number of H-pyrrole nitrogens is 1. The number of hydrogen-bond donors (Lipinski definition) is 2. The van der Waals surface area contributed by atoms with Gasteiger partial charge in [0.15, 0.2) is 23.1 Å². The van der Waals surface area contributed by atoms with Gasteiger partial charge in [-0.1, -0.05) is 0 Å². The molecule has 1 aromatic carbocycles. The van der Waals surface area contributed by atoms with Gasteiger partial charge < -0.3 is 20.1 Å². The Morgan fingerprint density at radius 3 is 2.79 bits per heavy atom. The van der Waals surface area contributed by atoms with E-state index in [0.29, 0.717) is 17.0 Å². The summed E-state index contributed by atoms with van der Waals surface area (Å²) in [5, 5.41) is 12.4. The smallest absolute Gasteiger partial charge is 0.186 e. The number of nitrogens with one attached hydrogen (secondary N) is 2. The molecule has 2 N–H and O–H groups in total. The topological polar surface area (TPSA) is 77.4 Å². The molecule has 0 saturated carbocycles. The Bertz CT molecular complexity index is 1470. The van der Waals surface area contributed by atoms with Gasteiger partial charge in [-0.2, -0.15) is 11.3 Å². The summed E-state index contributed by atoms with van der Waals surface area (Å²) in [6, 6.07) is 6.63. The number of aromatic nitrogens is 5. The van der Waals surface area contributed by atoms with E-state index >= 15 is 0 Å². The molecule has 0 aliphatic carbocycles. The highest BCUT2D eigenvalue weighted by atomic mass is 32.1.